The molecule has 2 saturated carbocycles. The van der Waals surface area contributed by atoms with Gasteiger partial charge in [-0.25, -0.2) is 0 Å². The van der Waals surface area contributed by atoms with Gasteiger partial charge in [-0.15, -0.1) is 23.2 Å². The number of carbonyl (C=O) groups is 2. The molecule has 2 radical (unpaired) electrons. The minimum absolute atomic E-state index is 0.0367. The Labute approximate surface area is 159 Å². The largest absolute Gasteiger partial charge is 0.480 e. The normalized spacial score (nSPS) is 18.9. The molecule has 0 bridgehead atoms. The van der Waals surface area contributed by atoms with Gasteiger partial charge >= 0.3 is 105 Å². The molecule has 0 aliphatic heterocycles. The van der Waals surface area contributed by atoms with Gasteiger partial charge < -0.3 is 10.2 Å². The van der Waals surface area contributed by atoms with E-state index in [1.54, 1.807) is 64.2 Å². The third-order valence-corrected chi connectivity index (χ3v) is 10.4. The van der Waals surface area contributed by atoms with Crippen molar-refractivity contribution in [3.8, 4) is 0 Å². The van der Waals surface area contributed by atoms with Crippen molar-refractivity contribution in [2.75, 3.05) is 11.8 Å². The van der Waals surface area contributed by atoms with Gasteiger partial charge in [0.05, 0.1) is 0 Å². The first-order chi connectivity index (χ1) is 11.0. The van der Waals surface area contributed by atoms with Gasteiger partial charge in [0.25, 0.3) is 0 Å². The molecule has 2 N–H and O–H groups in total. The summed E-state index contributed by atoms with van der Waals surface area (Å²) in [4.78, 5) is 18.5. The first-order valence-corrected chi connectivity index (χ1v) is 12.7. The van der Waals surface area contributed by atoms with Crippen molar-refractivity contribution in [1.29, 1.82) is 0 Å². The van der Waals surface area contributed by atoms with E-state index in [4.69, 9.17) is 33.4 Å². The van der Waals surface area contributed by atoms with E-state index in [-0.39, 0.29) is 32.9 Å². The molecule has 0 unspecified atom stereocenters. The second-order valence-electron chi connectivity index (χ2n) is 5.89. The molecule has 0 saturated heterocycles. The van der Waals surface area contributed by atoms with Crippen LogP contribution in [0.5, 0.6) is 0 Å². The summed E-state index contributed by atoms with van der Waals surface area (Å²) in [6, 6.07) is 0. The molecule has 4 nitrogen and oxygen atoms in total. The summed E-state index contributed by atoms with van der Waals surface area (Å²) in [5, 5.41) is 15.2. The topological polar surface area (TPSA) is 74.6 Å². The number of halogens is 2. The third kappa shape index (κ3) is 15.6. The van der Waals surface area contributed by atoms with Crippen molar-refractivity contribution in [3.05, 3.63) is 0 Å². The fourth-order valence-electron chi connectivity index (χ4n) is 2.87. The number of rotatable bonds is 4. The summed E-state index contributed by atoms with van der Waals surface area (Å²) in [7, 11) is 0. The van der Waals surface area contributed by atoms with Crippen LogP contribution in [0.3, 0.4) is 0 Å². The van der Waals surface area contributed by atoms with E-state index < -0.39 is 11.9 Å². The van der Waals surface area contributed by atoms with Crippen LogP contribution in [0.4, 0.5) is 0 Å². The van der Waals surface area contributed by atoms with Crippen LogP contribution in [0.1, 0.15) is 64.2 Å². The Balaban J connectivity index is 0.000000406. The Morgan fingerprint density at radius 2 is 1.00 bits per heavy atom. The van der Waals surface area contributed by atoms with E-state index >= 15 is 0 Å². The van der Waals surface area contributed by atoms with Gasteiger partial charge in [0.2, 0.25) is 0 Å². The number of carboxylic acid groups (broad SMARTS) is 2. The van der Waals surface area contributed by atoms with Crippen LogP contribution in [0.2, 0.25) is 7.87 Å². The van der Waals surface area contributed by atoms with E-state index in [2.05, 4.69) is 0 Å². The zero-order valence-corrected chi connectivity index (χ0v) is 18.0. The first kappa shape index (κ1) is 23.3. The molecule has 2 rings (SSSR count). The smallest absolute Gasteiger partial charge is 0.318 e. The molecule has 0 aromatic carbocycles. The number of aliphatic carboxylic acids is 2. The molecule has 0 spiro atoms. The van der Waals surface area contributed by atoms with Crippen molar-refractivity contribution >= 4 is 56.3 Å². The Kier molecular flexibility index (Phi) is 16.0. The molecule has 0 aromatic heterocycles. The zero-order chi connectivity index (χ0) is 17.5. The minimum atomic E-state index is -0.980. The van der Waals surface area contributed by atoms with Crippen molar-refractivity contribution in [1.82, 2.24) is 0 Å². The molecule has 2 fully saturated rings. The zero-order valence-electron chi connectivity index (χ0n) is 13.6. The molecule has 134 valence electrons. The van der Waals surface area contributed by atoms with E-state index in [9.17, 15) is 9.59 Å². The number of hydrogen-bond acceptors (Lipinski definition) is 2. The molecule has 23 heavy (non-hydrogen) atoms. The standard InChI is InChI=1S/2C6H11.2C2H3ClO2.Sn/c2*1-2-4-6-5-3-1;2*3-1-2(4)5;/h2*1H,2-6H2;2*1H2,(H,4,5);. The van der Waals surface area contributed by atoms with Crippen LogP contribution in [0, 0.1) is 0 Å². The maximum absolute atomic E-state index is 9.24. The number of hydrogen-bond donors (Lipinski definition) is 2. The van der Waals surface area contributed by atoms with Gasteiger partial charge in [-0.1, -0.05) is 0 Å². The second-order valence-corrected chi connectivity index (χ2v) is 12.0. The van der Waals surface area contributed by atoms with Crippen molar-refractivity contribution in [2.45, 2.75) is 72.1 Å². The molecule has 0 heterocycles. The van der Waals surface area contributed by atoms with Crippen molar-refractivity contribution < 1.29 is 19.8 Å². The quantitative estimate of drug-likeness (QED) is 0.453. The summed E-state index contributed by atoms with van der Waals surface area (Å²) < 4.78 is 2.58. The van der Waals surface area contributed by atoms with Crippen LogP contribution in [0.25, 0.3) is 0 Å². The number of alkyl halides is 2. The second kappa shape index (κ2) is 15.8. The minimum Gasteiger partial charge on any atom is -0.480 e. The summed E-state index contributed by atoms with van der Waals surface area (Å²) in [6.07, 6.45) is 15.9. The monoisotopic (exact) mass is 474 g/mol. The Morgan fingerprint density at radius 3 is 1.22 bits per heavy atom. The third-order valence-electron chi connectivity index (χ3n) is 3.91. The van der Waals surface area contributed by atoms with Crippen molar-refractivity contribution in [2.24, 2.45) is 0 Å². The van der Waals surface area contributed by atoms with Crippen molar-refractivity contribution in [3.63, 3.8) is 0 Å². The van der Waals surface area contributed by atoms with Crippen LogP contribution in [-0.2, 0) is 9.59 Å². The van der Waals surface area contributed by atoms with Gasteiger partial charge in [0.15, 0.2) is 0 Å². The van der Waals surface area contributed by atoms with Gasteiger partial charge in [0.1, 0.15) is 11.8 Å². The van der Waals surface area contributed by atoms with E-state index in [0.29, 0.717) is 0 Å². The van der Waals surface area contributed by atoms with Crippen LogP contribution in [-0.4, -0.2) is 55.1 Å². The summed E-state index contributed by atoms with van der Waals surface area (Å²) >= 11 is 9.51. The molecule has 2 aliphatic carbocycles. The van der Waals surface area contributed by atoms with Gasteiger partial charge in [-0.3, -0.25) is 9.59 Å². The fourth-order valence-corrected chi connectivity index (χ4v) is 9.01. The Morgan fingerprint density at radius 1 is 0.739 bits per heavy atom. The molecule has 0 amide bonds. The predicted octanol–water partition coefficient (Wildman–Crippen LogP) is 4.82. The van der Waals surface area contributed by atoms with E-state index in [1.807, 2.05) is 0 Å². The maximum Gasteiger partial charge on any atom is 0.318 e. The van der Waals surface area contributed by atoms with E-state index in [0.717, 1.165) is 0 Å². The molecule has 7 heteroatoms. The van der Waals surface area contributed by atoms with Gasteiger partial charge in [-0.2, -0.15) is 0 Å². The number of carboxylic acids is 2. The van der Waals surface area contributed by atoms with Crippen LogP contribution in [0.15, 0.2) is 0 Å². The SMILES string of the molecule is C1CC[CH]([Sn][CH]2CCCCC2)CC1.O=C(O)CCl.O=C(O)CCl. The average molecular weight is 474 g/mol. The summed E-state index contributed by atoms with van der Waals surface area (Å²) in [5.41, 5.74) is 0. The molecule has 2 aliphatic rings. The first-order valence-electron chi connectivity index (χ1n) is 8.31. The van der Waals surface area contributed by atoms with Crippen LogP contribution < -0.4 is 0 Å². The average Bonchev–Trinajstić information content (AvgIpc) is 2.58. The van der Waals surface area contributed by atoms with Crippen LogP contribution >= 0.6 is 23.2 Å². The van der Waals surface area contributed by atoms with E-state index in [1.165, 1.54) is 7.87 Å². The molecule has 0 aromatic rings. The maximum atomic E-state index is 9.24. The Bertz CT molecular complexity index is 287. The fraction of sp³-hybridized carbons (Fsp3) is 0.875. The van der Waals surface area contributed by atoms with Gasteiger partial charge in [0, 0.05) is 0 Å². The predicted molar refractivity (Wildman–Crippen MR) is 96.1 cm³/mol. The molecular formula is C16H28Cl2O4Sn. The Hall–Kier alpha value is 0.319. The van der Waals surface area contributed by atoms with Gasteiger partial charge in [-0.05, 0) is 0 Å². The summed E-state index contributed by atoms with van der Waals surface area (Å²) in [5.74, 6) is -2.57. The molecular weight excluding hydrogens is 446 g/mol. The molecule has 0 atom stereocenters. The summed E-state index contributed by atoms with van der Waals surface area (Å²) in [6.45, 7) is 0.